The predicted molar refractivity (Wildman–Crippen MR) is 108 cm³/mol. The number of benzene rings is 1. The van der Waals surface area contributed by atoms with E-state index in [1.54, 1.807) is 24.3 Å². The second-order valence-electron chi connectivity index (χ2n) is 7.33. The first-order valence-corrected chi connectivity index (χ1v) is 9.70. The highest BCUT2D eigenvalue weighted by Gasteiger charge is 2.26. The highest BCUT2D eigenvalue weighted by molar-refractivity contribution is 5.86. The van der Waals surface area contributed by atoms with Crippen molar-refractivity contribution >= 4 is 23.1 Å². The molecule has 1 saturated carbocycles. The molecule has 0 amide bonds. The molecule has 7 heteroatoms. The number of nitrogens with two attached hydrogens (primary N) is 1. The first kappa shape index (κ1) is 18.6. The van der Waals surface area contributed by atoms with Crippen LogP contribution in [0.1, 0.15) is 44.9 Å². The minimum Gasteiger partial charge on any atom is -0.386 e. The van der Waals surface area contributed by atoms with Crippen molar-refractivity contribution in [2.45, 2.75) is 51.2 Å². The quantitative estimate of drug-likeness (QED) is 0.714. The van der Waals surface area contributed by atoms with E-state index in [2.05, 4.69) is 15.0 Å². The van der Waals surface area contributed by atoms with E-state index in [1.807, 2.05) is 11.5 Å². The number of imidazole rings is 1. The van der Waals surface area contributed by atoms with Gasteiger partial charge in [-0.25, -0.2) is 19.3 Å². The van der Waals surface area contributed by atoms with E-state index in [1.165, 1.54) is 12.1 Å². The van der Waals surface area contributed by atoms with Crippen molar-refractivity contribution in [3.63, 3.8) is 0 Å². The van der Waals surface area contributed by atoms with Gasteiger partial charge in [-0.15, -0.1) is 0 Å². The van der Waals surface area contributed by atoms with Crippen LogP contribution >= 0.6 is 0 Å². The van der Waals surface area contributed by atoms with E-state index in [0.717, 1.165) is 32.1 Å². The van der Waals surface area contributed by atoms with Gasteiger partial charge in [-0.1, -0.05) is 31.4 Å². The third-order valence-corrected chi connectivity index (χ3v) is 5.30. The van der Waals surface area contributed by atoms with Gasteiger partial charge in [0.1, 0.15) is 11.6 Å². The van der Waals surface area contributed by atoms with Crippen molar-refractivity contribution in [2.75, 3.05) is 5.73 Å². The zero-order valence-electron chi connectivity index (χ0n) is 15.9. The Morgan fingerprint density at radius 3 is 2.71 bits per heavy atom. The number of aliphatic hydroxyl groups is 1. The topological polar surface area (TPSA) is 89.9 Å². The maximum atomic E-state index is 13.7. The molecule has 6 nitrogen and oxygen atoms in total. The zero-order valence-corrected chi connectivity index (χ0v) is 15.9. The van der Waals surface area contributed by atoms with Crippen LogP contribution in [0.4, 0.5) is 10.2 Å². The average Bonchev–Trinajstić information content (AvgIpc) is 3.06. The lowest BCUT2D eigenvalue weighted by Gasteiger charge is -2.28. The molecule has 0 aliphatic heterocycles. The zero-order chi connectivity index (χ0) is 19.7. The summed E-state index contributed by atoms with van der Waals surface area (Å²) in [7, 11) is 0. The maximum Gasteiger partial charge on any atom is 0.166 e. The molecule has 0 atom stereocenters. The van der Waals surface area contributed by atoms with Crippen molar-refractivity contribution in [3.8, 4) is 11.4 Å². The van der Waals surface area contributed by atoms with Gasteiger partial charge in [0, 0.05) is 12.1 Å². The molecule has 4 rings (SSSR count). The van der Waals surface area contributed by atoms with Crippen molar-refractivity contribution < 1.29 is 9.50 Å². The van der Waals surface area contributed by atoms with Gasteiger partial charge in [-0.3, -0.25) is 0 Å². The molecule has 2 aromatic heterocycles. The Hall–Kier alpha value is -2.80. The maximum absolute atomic E-state index is 13.7. The van der Waals surface area contributed by atoms with E-state index >= 15 is 0 Å². The monoisotopic (exact) mass is 381 g/mol. The summed E-state index contributed by atoms with van der Waals surface area (Å²) >= 11 is 0. The molecule has 2 heterocycles. The molecule has 1 aliphatic rings. The standard InChI is InChI=1S/C21H24FN5O/c1-2-27-19(14-7-6-8-15(22)13-14)26-17-18(23)24-16(25-20(17)27)9-12-21(28)10-4-3-5-11-21/h6-9,12-13,28H,2-5,10-11H2,1H3,(H2,23,24,25). The van der Waals surface area contributed by atoms with E-state index in [9.17, 15) is 9.50 Å². The van der Waals surface area contributed by atoms with Crippen molar-refractivity contribution in [1.82, 2.24) is 19.5 Å². The van der Waals surface area contributed by atoms with Crippen LogP contribution in [0.3, 0.4) is 0 Å². The van der Waals surface area contributed by atoms with Gasteiger partial charge in [0.2, 0.25) is 0 Å². The van der Waals surface area contributed by atoms with Gasteiger partial charge >= 0.3 is 0 Å². The molecular weight excluding hydrogens is 357 g/mol. The normalized spacial score (nSPS) is 16.8. The fraction of sp³-hybridized carbons (Fsp3) is 0.381. The molecule has 0 saturated heterocycles. The number of nitrogens with zero attached hydrogens (tertiary/aromatic N) is 4. The number of fused-ring (bicyclic) bond motifs is 1. The molecule has 1 fully saturated rings. The van der Waals surface area contributed by atoms with Crippen LogP contribution in [0.15, 0.2) is 30.3 Å². The van der Waals surface area contributed by atoms with Crippen LogP contribution in [-0.2, 0) is 6.54 Å². The summed E-state index contributed by atoms with van der Waals surface area (Å²) in [6, 6.07) is 6.30. The number of anilines is 1. The molecule has 0 unspecified atom stereocenters. The first-order valence-electron chi connectivity index (χ1n) is 9.70. The van der Waals surface area contributed by atoms with Crippen LogP contribution < -0.4 is 5.73 Å². The van der Waals surface area contributed by atoms with Gasteiger partial charge in [0.15, 0.2) is 22.8 Å². The Morgan fingerprint density at radius 1 is 1.21 bits per heavy atom. The number of nitrogen functional groups attached to an aromatic ring is 1. The van der Waals surface area contributed by atoms with E-state index in [4.69, 9.17) is 5.73 Å². The Bertz CT molecular complexity index is 1040. The van der Waals surface area contributed by atoms with Crippen LogP contribution in [-0.4, -0.2) is 30.2 Å². The van der Waals surface area contributed by atoms with Gasteiger partial charge in [0.05, 0.1) is 5.60 Å². The number of rotatable bonds is 4. The van der Waals surface area contributed by atoms with Gasteiger partial charge < -0.3 is 15.4 Å². The second kappa shape index (κ2) is 7.31. The van der Waals surface area contributed by atoms with Crippen molar-refractivity contribution in [3.05, 3.63) is 42.0 Å². The molecule has 0 radical (unpaired) electrons. The molecule has 0 spiro atoms. The Kier molecular flexibility index (Phi) is 4.85. The molecule has 0 bridgehead atoms. The molecule has 3 N–H and O–H groups in total. The number of hydrogen-bond donors (Lipinski definition) is 2. The average molecular weight is 381 g/mol. The summed E-state index contributed by atoms with van der Waals surface area (Å²) in [6.45, 7) is 2.58. The van der Waals surface area contributed by atoms with Crippen LogP contribution in [0, 0.1) is 5.82 Å². The second-order valence-corrected chi connectivity index (χ2v) is 7.33. The highest BCUT2D eigenvalue weighted by Crippen LogP contribution is 2.30. The lowest BCUT2D eigenvalue weighted by molar-refractivity contribution is 0.0521. The molecule has 28 heavy (non-hydrogen) atoms. The third-order valence-electron chi connectivity index (χ3n) is 5.30. The largest absolute Gasteiger partial charge is 0.386 e. The lowest BCUT2D eigenvalue weighted by atomic mass is 9.84. The SMILES string of the molecule is CCn1c(-c2cccc(F)c2)nc2c(N)nc(C=CC3(O)CCCCC3)nc21. The number of aromatic nitrogens is 4. The van der Waals surface area contributed by atoms with Crippen molar-refractivity contribution in [1.29, 1.82) is 0 Å². The first-order chi connectivity index (χ1) is 13.5. The molecule has 1 aromatic carbocycles. The summed E-state index contributed by atoms with van der Waals surface area (Å²) < 4.78 is 15.6. The molecule has 3 aromatic rings. The van der Waals surface area contributed by atoms with Crippen LogP contribution in [0.5, 0.6) is 0 Å². The summed E-state index contributed by atoms with van der Waals surface area (Å²) in [5, 5.41) is 10.7. The van der Waals surface area contributed by atoms with Crippen molar-refractivity contribution in [2.24, 2.45) is 0 Å². The summed E-state index contributed by atoms with van der Waals surface area (Å²) in [4.78, 5) is 13.5. The molecule has 146 valence electrons. The van der Waals surface area contributed by atoms with E-state index < -0.39 is 5.60 Å². The molecular formula is C21H24FN5O. The van der Waals surface area contributed by atoms with Gasteiger partial charge in [0.25, 0.3) is 0 Å². The Labute approximate surface area is 163 Å². The number of hydrogen-bond acceptors (Lipinski definition) is 5. The minimum atomic E-state index is -0.803. The molecule has 1 aliphatic carbocycles. The minimum absolute atomic E-state index is 0.269. The third kappa shape index (κ3) is 3.49. The Morgan fingerprint density at radius 2 is 2.00 bits per heavy atom. The summed E-state index contributed by atoms with van der Waals surface area (Å²) in [5.41, 5.74) is 7.10. The Balaban J connectivity index is 1.77. The highest BCUT2D eigenvalue weighted by atomic mass is 19.1. The lowest BCUT2D eigenvalue weighted by Crippen LogP contribution is -2.28. The summed E-state index contributed by atoms with van der Waals surface area (Å²) in [5.74, 6) is 0.982. The van der Waals surface area contributed by atoms with Gasteiger partial charge in [-0.2, -0.15) is 0 Å². The van der Waals surface area contributed by atoms with E-state index in [0.29, 0.717) is 34.9 Å². The summed E-state index contributed by atoms with van der Waals surface area (Å²) in [6.07, 6.45) is 8.20. The number of halogens is 1. The smallest absolute Gasteiger partial charge is 0.166 e. The van der Waals surface area contributed by atoms with Crippen LogP contribution in [0.25, 0.3) is 28.6 Å². The fourth-order valence-corrected chi connectivity index (χ4v) is 3.82. The van der Waals surface area contributed by atoms with Crippen LogP contribution in [0.2, 0.25) is 0 Å². The predicted octanol–water partition coefficient (Wildman–Crippen LogP) is 3.94. The fourth-order valence-electron chi connectivity index (χ4n) is 3.82. The number of aryl methyl sites for hydroxylation is 1. The van der Waals surface area contributed by atoms with Gasteiger partial charge in [-0.05, 0) is 44.1 Å². The van der Waals surface area contributed by atoms with E-state index in [-0.39, 0.29) is 11.6 Å².